The van der Waals surface area contributed by atoms with Crippen LogP contribution in [-0.2, 0) is 22.4 Å². The molecule has 1 saturated heterocycles. The topological polar surface area (TPSA) is 163 Å². The van der Waals surface area contributed by atoms with Gasteiger partial charge in [-0.2, -0.15) is 0 Å². The molecule has 1 aliphatic heterocycles. The second-order valence-electron chi connectivity index (χ2n) is 9.25. The number of carbonyl (C=O) groups is 3. The maximum Gasteiger partial charge on any atom is 0.306 e. The molecular formula is C28H35NO9. The number of aliphatic hydroxyl groups is 1. The van der Waals surface area contributed by atoms with Gasteiger partial charge < -0.3 is 35.2 Å². The van der Waals surface area contributed by atoms with E-state index in [4.69, 9.17) is 14.6 Å². The largest absolute Gasteiger partial charge is 0.507 e. The molecule has 206 valence electrons. The fourth-order valence-electron chi connectivity index (χ4n) is 4.74. The Morgan fingerprint density at radius 2 is 1.71 bits per heavy atom. The molecule has 5 rings (SSSR count). The summed E-state index contributed by atoms with van der Waals surface area (Å²) in [7, 11) is 3.30. The van der Waals surface area contributed by atoms with Gasteiger partial charge >= 0.3 is 5.97 Å². The lowest BCUT2D eigenvalue weighted by atomic mass is 9.75. The van der Waals surface area contributed by atoms with Crippen molar-refractivity contribution in [3.63, 3.8) is 0 Å². The lowest BCUT2D eigenvalue weighted by Crippen LogP contribution is -2.27. The molecule has 1 heterocycles. The Labute approximate surface area is 221 Å². The molecule has 5 N–H and O–H groups in total. The SMILES string of the molecule is CCNC.COc1cccc2c1C(=O)c1c(O)c3c(c(O)c1C2=O)CC(C(=O)O)CC3.OC1CCCCO1. The first kappa shape index (κ1) is 29.1. The number of rotatable bonds is 3. The van der Waals surface area contributed by atoms with E-state index in [0.29, 0.717) is 5.56 Å². The molecule has 0 radical (unpaired) electrons. The number of aromatic hydroxyl groups is 2. The standard InChI is InChI=1S/C20H16O7.C5H10O2.C3H9N/c1-27-12-4-2-3-10-13(12)19(24)15-14(17(10)22)18(23)11-7-8(20(25)26)5-6-9(11)16(15)21;6-5-3-1-2-4-7-5;1-3-4-2/h2-4,8,21,23H,5-7H2,1H3,(H,25,26);5-6H,1-4H2;4H,3H2,1-2H3. The molecule has 2 atom stereocenters. The maximum atomic E-state index is 13.1. The van der Waals surface area contributed by atoms with E-state index in [0.717, 1.165) is 32.4 Å². The van der Waals surface area contributed by atoms with Gasteiger partial charge in [0.1, 0.15) is 17.2 Å². The predicted octanol–water partition coefficient (Wildman–Crippen LogP) is 2.80. The van der Waals surface area contributed by atoms with E-state index in [9.17, 15) is 29.7 Å². The molecule has 10 heteroatoms. The summed E-state index contributed by atoms with van der Waals surface area (Å²) in [5.74, 6) is -3.51. The molecule has 38 heavy (non-hydrogen) atoms. The lowest BCUT2D eigenvalue weighted by Gasteiger charge is -2.28. The molecular weight excluding hydrogens is 494 g/mol. The molecule has 0 amide bonds. The van der Waals surface area contributed by atoms with E-state index in [1.165, 1.54) is 13.2 Å². The second kappa shape index (κ2) is 12.9. The zero-order chi connectivity index (χ0) is 28.0. The van der Waals surface area contributed by atoms with Crippen molar-refractivity contribution in [3.05, 3.63) is 51.6 Å². The fraction of sp³-hybridized carbons (Fsp3) is 0.464. The number of carbonyl (C=O) groups excluding carboxylic acids is 2. The van der Waals surface area contributed by atoms with Crippen molar-refractivity contribution in [1.29, 1.82) is 0 Å². The molecule has 0 bridgehead atoms. The van der Waals surface area contributed by atoms with Crippen molar-refractivity contribution >= 4 is 17.5 Å². The van der Waals surface area contributed by atoms with Crippen LogP contribution in [0, 0.1) is 5.92 Å². The summed E-state index contributed by atoms with van der Waals surface area (Å²) < 4.78 is 10.0. The normalized spacial score (nSPS) is 19.5. The number of carboxylic acid groups (broad SMARTS) is 1. The zero-order valence-electron chi connectivity index (χ0n) is 21.9. The van der Waals surface area contributed by atoms with Crippen LogP contribution in [0.2, 0.25) is 0 Å². The summed E-state index contributed by atoms with van der Waals surface area (Å²) in [6.45, 7) is 3.88. The molecule has 0 saturated carbocycles. The van der Waals surface area contributed by atoms with Gasteiger partial charge in [-0.1, -0.05) is 19.1 Å². The fourth-order valence-corrected chi connectivity index (χ4v) is 4.74. The highest BCUT2D eigenvalue weighted by atomic mass is 16.6. The van der Waals surface area contributed by atoms with Crippen LogP contribution in [-0.4, -0.2) is 71.6 Å². The minimum absolute atomic E-state index is 0.0101. The van der Waals surface area contributed by atoms with Crippen LogP contribution in [0.4, 0.5) is 0 Å². The third-order valence-electron chi connectivity index (χ3n) is 6.88. The maximum absolute atomic E-state index is 13.1. The first-order valence-corrected chi connectivity index (χ1v) is 12.7. The van der Waals surface area contributed by atoms with Gasteiger partial charge in [-0.05, 0) is 58.2 Å². The monoisotopic (exact) mass is 529 g/mol. The molecule has 3 aliphatic rings. The van der Waals surface area contributed by atoms with E-state index < -0.39 is 35.5 Å². The van der Waals surface area contributed by atoms with Crippen LogP contribution in [0.3, 0.4) is 0 Å². The van der Waals surface area contributed by atoms with Gasteiger partial charge in [0.05, 0.1) is 29.7 Å². The third kappa shape index (κ3) is 5.82. The van der Waals surface area contributed by atoms with Gasteiger partial charge in [0.25, 0.3) is 0 Å². The number of nitrogens with one attached hydrogen (secondary N) is 1. The Kier molecular flexibility index (Phi) is 9.84. The van der Waals surface area contributed by atoms with Gasteiger partial charge in [0.2, 0.25) is 5.78 Å². The summed E-state index contributed by atoms with van der Waals surface area (Å²) >= 11 is 0. The van der Waals surface area contributed by atoms with Crippen LogP contribution in [0.5, 0.6) is 17.2 Å². The van der Waals surface area contributed by atoms with Crippen LogP contribution in [0.25, 0.3) is 0 Å². The number of aliphatic carboxylic acids is 1. The van der Waals surface area contributed by atoms with E-state index >= 15 is 0 Å². The Hall–Kier alpha value is -3.47. The minimum atomic E-state index is -1.00. The Bertz CT molecular complexity index is 1200. The molecule has 2 aliphatic carbocycles. The van der Waals surface area contributed by atoms with Gasteiger partial charge in [0.15, 0.2) is 12.1 Å². The number of ether oxygens (including phenoxy) is 2. The van der Waals surface area contributed by atoms with Gasteiger partial charge in [0, 0.05) is 23.3 Å². The van der Waals surface area contributed by atoms with Gasteiger partial charge in [-0.25, -0.2) is 0 Å². The van der Waals surface area contributed by atoms with E-state index in [2.05, 4.69) is 12.2 Å². The number of hydrogen-bond acceptors (Lipinski definition) is 9. The van der Waals surface area contributed by atoms with Crippen molar-refractivity contribution in [2.45, 2.75) is 51.7 Å². The summed E-state index contributed by atoms with van der Waals surface area (Å²) in [6.07, 6.45) is 3.03. The number of hydrogen-bond donors (Lipinski definition) is 5. The van der Waals surface area contributed by atoms with E-state index in [-0.39, 0.29) is 58.6 Å². The van der Waals surface area contributed by atoms with Crippen LogP contribution in [0.15, 0.2) is 18.2 Å². The Morgan fingerprint density at radius 1 is 1.05 bits per heavy atom. The first-order valence-electron chi connectivity index (χ1n) is 12.7. The van der Waals surface area contributed by atoms with Crippen molar-refractivity contribution in [2.75, 3.05) is 27.3 Å². The van der Waals surface area contributed by atoms with Crippen molar-refractivity contribution in [2.24, 2.45) is 5.92 Å². The highest BCUT2D eigenvalue weighted by Crippen LogP contribution is 2.47. The molecule has 0 spiro atoms. The minimum Gasteiger partial charge on any atom is -0.507 e. The smallest absolute Gasteiger partial charge is 0.306 e. The van der Waals surface area contributed by atoms with Crippen LogP contribution < -0.4 is 10.1 Å². The molecule has 10 nitrogen and oxygen atoms in total. The number of benzene rings is 2. The third-order valence-corrected chi connectivity index (χ3v) is 6.88. The predicted molar refractivity (Wildman–Crippen MR) is 138 cm³/mol. The second-order valence-corrected chi connectivity index (χ2v) is 9.25. The number of aliphatic hydroxyl groups excluding tert-OH is 1. The van der Waals surface area contributed by atoms with Crippen molar-refractivity contribution < 1.29 is 44.3 Å². The quantitative estimate of drug-likeness (QED) is 0.319. The molecule has 1 fully saturated rings. The summed E-state index contributed by atoms with van der Waals surface area (Å²) in [5, 5.41) is 42.4. The molecule has 2 unspecified atom stereocenters. The highest BCUT2D eigenvalue weighted by molar-refractivity contribution is 6.31. The summed E-state index contributed by atoms with van der Waals surface area (Å²) in [5.41, 5.74) is 0.143. The van der Waals surface area contributed by atoms with Crippen LogP contribution >= 0.6 is 0 Å². The van der Waals surface area contributed by atoms with E-state index in [1.807, 2.05) is 7.05 Å². The molecule has 2 aromatic rings. The van der Waals surface area contributed by atoms with E-state index in [1.54, 1.807) is 12.1 Å². The van der Waals surface area contributed by atoms with Crippen molar-refractivity contribution in [3.8, 4) is 17.2 Å². The zero-order valence-corrected chi connectivity index (χ0v) is 21.9. The van der Waals surface area contributed by atoms with Gasteiger partial charge in [-0.15, -0.1) is 0 Å². The number of phenolic OH excluding ortho intramolecular Hbond substituents is 2. The molecule has 2 aromatic carbocycles. The average Bonchev–Trinajstić information content (AvgIpc) is 2.93. The number of fused-ring (bicyclic) bond motifs is 3. The molecule has 0 aromatic heterocycles. The first-order chi connectivity index (χ1) is 18.2. The average molecular weight is 530 g/mol. The summed E-state index contributed by atoms with van der Waals surface area (Å²) in [4.78, 5) is 37.4. The number of ketones is 2. The lowest BCUT2D eigenvalue weighted by molar-refractivity contribution is -0.142. The Balaban J connectivity index is 0.000000304. The highest BCUT2D eigenvalue weighted by Gasteiger charge is 2.41. The van der Waals surface area contributed by atoms with Crippen molar-refractivity contribution in [1.82, 2.24) is 5.32 Å². The summed E-state index contributed by atoms with van der Waals surface area (Å²) in [6, 6.07) is 4.56. The van der Waals surface area contributed by atoms with Crippen LogP contribution in [0.1, 0.15) is 75.6 Å². The van der Waals surface area contributed by atoms with Gasteiger partial charge in [-0.3, -0.25) is 14.4 Å². The number of phenols is 2. The number of methoxy groups -OCH3 is 1. The Morgan fingerprint density at radius 3 is 2.24 bits per heavy atom. The number of carboxylic acids is 1.